The number of nitrogens with one attached hydrogen (secondary N) is 1. The number of hydrogen-bond acceptors (Lipinski definition) is 4. The molecule has 4 heteroatoms. The monoisotopic (exact) mass is 284 g/mol. The Labute approximate surface area is 127 Å². The molecule has 0 saturated carbocycles. The fraction of sp³-hybridized carbons (Fsp3) is 0.412. The lowest BCUT2D eigenvalue weighted by molar-refractivity contribution is 0.750. The van der Waals surface area contributed by atoms with E-state index in [4.69, 9.17) is 0 Å². The number of anilines is 3. The van der Waals surface area contributed by atoms with Crippen LogP contribution in [0.1, 0.15) is 32.3 Å². The largest absolute Gasteiger partial charge is 0.344 e. The van der Waals surface area contributed by atoms with Gasteiger partial charge in [0.15, 0.2) is 0 Å². The van der Waals surface area contributed by atoms with Crippen molar-refractivity contribution in [1.29, 1.82) is 0 Å². The third kappa shape index (κ3) is 4.45. The van der Waals surface area contributed by atoms with Gasteiger partial charge in [0.25, 0.3) is 0 Å². The second kappa shape index (κ2) is 7.62. The Bertz CT molecular complexity index is 551. The maximum absolute atomic E-state index is 4.57. The number of aryl methyl sites for hydroxylation is 1. The zero-order valence-corrected chi connectivity index (χ0v) is 13.1. The summed E-state index contributed by atoms with van der Waals surface area (Å²) in [4.78, 5) is 11.0. The summed E-state index contributed by atoms with van der Waals surface area (Å²) in [6.07, 6.45) is 5.18. The summed E-state index contributed by atoms with van der Waals surface area (Å²) in [6, 6.07) is 10.3. The molecule has 0 saturated heterocycles. The topological polar surface area (TPSA) is 41.1 Å². The van der Waals surface area contributed by atoms with E-state index in [9.17, 15) is 0 Å². The highest BCUT2D eigenvalue weighted by atomic mass is 15.2. The van der Waals surface area contributed by atoms with Gasteiger partial charge in [-0.25, -0.2) is 4.98 Å². The molecule has 0 spiro atoms. The molecule has 21 heavy (non-hydrogen) atoms. The smallest absolute Gasteiger partial charge is 0.227 e. The number of nitrogens with zero attached hydrogens (tertiary/aromatic N) is 3. The van der Waals surface area contributed by atoms with Crippen molar-refractivity contribution in [2.24, 2.45) is 0 Å². The Kier molecular flexibility index (Phi) is 5.55. The van der Waals surface area contributed by atoms with E-state index in [1.807, 2.05) is 13.1 Å². The molecule has 1 N–H and O–H groups in total. The minimum Gasteiger partial charge on any atom is -0.344 e. The molecule has 0 aliphatic rings. The van der Waals surface area contributed by atoms with Crippen LogP contribution in [0.5, 0.6) is 0 Å². The normalized spacial score (nSPS) is 10.4. The predicted octanol–water partition coefficient (Wildman–Crippen LogP) is 4.02. The number of rotatable bonds is 7. The third-order valence-electron chi connectivity index (χ3n) is 3.47. The molecule has 0 amide bonds. The van der Waals surface area contributed by atoms with Crippen LogP contribution >= 0.6 is 0 Å². The van der Waals surface area contributed by atoms with Crippen LogP contribution in [0.3, 0.4) is 0 Å². The van der Waals surface area contributed by atoms with E-state index in [0.717, 1.165) is 36.8 Å². The highest BCUT2D eigenvalue weighted by Gasteiger charge is 2.05. The van der Waals surface area contributed by atoms with Crippen molar-refractivity contribution in [3.8, 4) is 0 Å². The molecule has 0 bridgehead atoms. The van der Waals surface area contributed by atoms with Crippen LogP contribution in [0.25, 0.3) is 0 Å². The van der Waals surface area contributed by atoms with Gasteiger partial charge in [-0.1, -0.05) is 32.4 Å². The first-order chi connectivity index (χ1) is 10.2. The standard InChI is InChI=1S/C17H24N4/c1-4-6-13-21(3)17-18-12-11-16(20-17)19-15-9-7-14(5-2)8-10-15/h7-12H,4-6,13H2,1-3H3,(H,18,19,20). The van der Waals surface area contributed by atoms with Gasteiger partial charge in [0.1, 0.15) is 5.82 Å². The first-order valence-corrected chi connectivity index (χ1v) is 7.63. The fourth-order valence-corrected chi connectivity index (χ4v) is 2.07. The molecule has 2 aromatic rings. The molecule has 0 radical (unpaired) electrons. The van der Waals surface area contributed by atoms with Gasteiger partial charge in [-0.05, 0) is 36.6 Å². The first-order valence-electron chi connectivity index (χ1n) is 7.63. The second-order valence-electron chi connectivity index (χ2n) is 5.19. The van der Waals surface area contributed by atoms with Crippen LogP contribution in [0.2, 0.25) is 0 Å². The van der Waals surface area contributed by atoms with Crippen molar-refractivity contribution in [1.82, 2.24) is 9.97 Å². The van der Waals surface area contributed by atoms with E-state index < -0.39 is 0 Å². The van der Waals surface area contributed by atoms with Gasteiger partial charge in [-0.3, -0.25) is 0 Å². The molecular weight excluding hydrogens is 260 g/mol. The molecule has 1 aromatic heterocycles. The minimum atomic E-state index is 0.763. The molecule has 0 atom stereocenters. The Morgan fingerprint density at radius 1 is 1.10 bits per heavy atom. The lowest BCUT2D eigenvalue weighted by atomic mass is 10.1. The van der Waals surface area contributed by atoms with Crippen LogP contribution in [-0.2, 0) is 6.42 Å². The number of aromatic nitrogens is 2. The van der Waals surface area contributed by atoms with Crippen LogP contribution in [0.4, 0.5) is 17.5 Å². The SMILES string of the molecule is CCCCN(C)c1nccc(Nc2ccc(CC)cc2)n1. The number of benzene rings is 1. The molecule has 0 unspecified atom stereocenters. The van der Waals surface area contributed by atoms with E-state index in [0.29, 0.717) is 0 Å². The van der Waals surface area contributed by atoms with Crippen molar-refractivity contribution in [3.05, 3.63) is 42.1 Å². The summed E-state index contributed by atoms with van der Waals surface area (Å²) < 4.78 is 0. The fourth-order valence-electron chi connectivity index (χ4n) is 2.07. The Balaban J connectivity index is 2.06. The highest BCUT2D eigenvalue weighted by molar-refractivity contribution is 5.57. The molecule has 1 heterocycles. The maximum Gasteiger partial charge on any atom is 0.227 e. The molecule has 2 rings (SSSR count). The summed E-state index contributed by atoms with van der Waals surface area (Å²) in [5, 5.41) is 3.33. The van der Waals surface area contributed by atoms with Crippen molar-refractivity contribution in [2.75, 3.05) is 23.8 Å². The number of unbranched alkanes of at least 4 members (excludes halogenated alkanes) is 1. The molecule has 0 fully saturated rings. The van der Waals surface area contributed by atoms with Crippen molar-refractivity contribution in [2.45, 2.75) is 33.1 Å². The third-order valence-corrected chi connectivity index (χ3v) is 3.47. The van der Waals surface area contributed by atoms with Crippen molar-refractivity contribution in [3.63, 3.8) is 0 Å². The van der Waals surface area contributed by atoms with E-state index in [2.05, 4.69) is 58.3 Å². The summed E-state index contributed by atoms with van der Waals surface area (Å²) in [7, 11) is 2.03. The average Bonchev–Trinajstić information content (AvgIpc) is 2.53. The quantitative estimate of drug-likeness (QED) is 0.833. The van der Waals surface area contributed by atoms with Crippen LogP contribution in [-0.4, -0.2) is 23.6 Å². The van der Waals surface area contributed by atoms with E-state index in [1.54, 1.807) is 6.20 Å². The van der Waals surface area contributed by atoms with Gasteiger partial charge in [0.05, 0.1) is 0 Å². The average molecular weight is 284 g/mol. The summed E-state index contributed by atoms with van der Waals surface area (Å²) >= 11 is 0. The highest BCUT2D eigenvalue weighted by Crippen LogP contribution is 2.17. The Morgan fingerprint density at radius 3 is 2.52 bits per heavy atom. The molecule has 0 aliphatic heterocycles. The van der Waals surface area contributed by atoms with Crippen LogP contribution in [0.15, 0.2) is 36.5 Å². The summed E-state index contributed by atoms with van der Waals surface area (Å²) in [6.45, 7) is 5.32. The Morgan fingerprint density at radius 2 is 1.86 bits per heavy atom. The van der Waals surface area contributed by atoms with Gasteiger partial charge in [-0.2, -0.15) is 4.98 Å². The Hall–Kier alpha value is -2.10. The first kappa shape index (κ1) is 15.3. The lowest BCUT2D eigenvalue weighted by Crippen LogP contribution is -2.21. The number of hydrogen-bond donors (Lipinski definition) is 1. The van der Waals surface area contributed by atoms with E-state index >= 15 is 0 Å². The van der Waals surface area contributed by atoms with Crippen LogP contribution < -0.4 is 10.2 Å². The van der Waals surface area contributed by atoms with Gasteiger partial charge in [0.2, 0.25) is 5.95 Å². The van der Waals surface area contributed by atoms with Gasteiger partial charge in [-0.15, -0.1) is 0 Å². The predicted molar refractivity (Wildman–Crippen MR) is 89.3 cm³/mol. The summed E-state index contributed by atoms with van der Waals surface area (Å²) in [5.74, 6) is 1.59. The second-order valence-corrected chi connectivity index (χ2v) is 5.19. The summed E-state index contributed by atoms with van der Waals surface area (Å²) in [5.41, 5.74) is 2.39. The molecule has 1 aromatic carbocycles. The maximum atomic E-state index is 4.57. The minimum absolute atomic E-state index is 0.763. The molecular formula is C17H24N4. The van der Waals surface area contributed by atoms with Crippen molar-refractivity contribution >= 4 is 17.5 Å². The van der Waals surface area contributed by atoms with Gasteiger partial charge >= 0.3 is 0 Å². The molecule has 4 nitrogen and oxygen atoms in total. The zero-order chi connectivity index (χ0) is 15.1. The zero-order valence-electron chi connectivity index (χ0n) is 13.1. The van der Waals surface area contributed by atoms with Gasteiger partial charge < -0.3 is 10.2 Å². The van der Waals surface area contributed by atoms with Crippen LogP contribution in [0, 0.1) is 0 Å². The van der Waals surface area contributed by atoms with E-state index in [-0.39, 0.29) is 0 Å². The molecule has 112 valence electrons. The lowest BCUT2D eigenvalue weighted by Gasteiger charge is -2.17. The molecule has 0 aliphatic carbocycles. The van der Waals surface area contributed by atoms with Crippen molar-refractivity contribution < 1.29 is 0 Å². The van der Waals surface area contributed by atoms with E-state index in [1.165, 1.54) is 12.0 Å². The van der Waals surface area contributed by atoms with Gasteiger partial charge in [0, 0.05) is 25.5 Å².